The minimum absolute atomic E-state index is 0.870. The third-order valence-corrected chi connectivity index (χ3v) is 2.47. The maximum Gasteiger partial charge on any atom is 0.397 e. The predicted molar refractivity (Wildman–Crippen MR) is 74.7 cm³/mol. The summed E-state index contributed by atoms with van der Waals surface area (Å²) in [5, 5.41) is 3.30. The molecule has 0 bridgehead atoms. The van der Waals surface area contributed by atoms with Gasteiger partial charge in [0.15, 0.2) is 0 Å². The van der Waals surface area contributed by atoms with Crippen LogP contribution in [0, 0.1) is 0 Å². The number of nitrogens with one attached hydrogen (secondary N) is 1. The summed E-state index contributed by atoms with van der Waals surface area (Å²) in [6.07, 6.45) is 0. The second-order valence-corrected chi connectivity index (χ2v) is 4.64. The summed E-state index contributed by atoms with van der Waals surface area (Å²) < 4.78 is 29.7. The number of benzene rings is 2. The minimum Gasteiger partial charge on any atom is -0.356 e. The van der Waals surface area contributed by atoms with E-state index in [1.165, 1.54) is 0 Å². The molecule has 0 saturated heterocycles. The summed E-state index contributed by atoms with van der Waals surface area (Å²) in [4.78, 5) is 0. The number of rotatable bonds is 3. The van der Waals surface area contributed by atoms with Crippen molar-refractivity contribution in [2.45, 2.75) is 0 Å². The molecule has 2 rings (SSSR count). The van der Waals surface area contributed by atoms with Gasteiger partial charge in [0.2, 0.25) is 0 Å². The van der Waals surface area contributed by atoms with Crippen molar-refractivity contribution in [2.75, 3.05) is 12.4 Å². The van der Waals surface area contributed by atoms with Crippen molar-refractivity contribution < 1.29 is 17.2 Å². The molecule has 0 aliphatic carbocycles. The fourth-order valence-electron chi connectivity index (χ4n) is 1.21. The summed E-state index contributed by atoms with van der Waals surface area (Å²) in [5.74, 6) is 0. The first-order valence-corrected chi connectivity index (χ1v) is 6.78. The van der Waals surface area contributed by atoms with Gasteiger partial charge < -0.3 is 5.32 Å². The van der Waals surface area contributed by atoms with Crippen molar-refractivity contribution in [3.8, 4) is 0 Å². The Labute approximate surface area is 112 Å². The summed E-state index contributed by atoms with van der Waals surface area (Å²) in [7, 11) is -3.29. The molecule has 2 aromatic carbocycles. The molecule has 6 heteroatoms. The van der Waals surface area contributed by atoms with E-state index in [-0.39, 0.29) is 0 Å². The average Bonchev–Trinajstić information content (AvgIpc) is 2.41. The third-order valence-electron chi connectivity index (χ3n) is 2.05. The highest BCUT2D eigenvalue weighted by atomic mass is 32.3. The van der Waals surface area contributed by atoms with Crippen molar-refractivity contribution in [1.82, 2.24) is 0 Å². The van der Waals surface area contributed by atoms with Gasteiger partial charge in [0, 0.05) is 11.4 Å². The second-order valence-electron chi connectivity index (χ2n) is 3.45. The van der Waals surface area contributed by atoms with Gasteiger partial charge in [-0.2, -0.15) is 8.42 Å². The summed E-state index contributed by atoms with van der Waals surface area (Å²) in [5.41, 5.74) is 2.24. The molecule has 0 aromatic heterocycles. The van der Waals surface area contributed by atoms with Crippen LogP contribution in [0.5, 0.6) is 0 Å². The van der Waals surface area contributed by atoms with Crippen LogP contribution in [-0.2, 0) is 14.6 Å². The van der Waals surface area contributed by atoms with Gasteiger partial charge in [0.1, 0.15) is 0 Å². The van der Waals surface area contributed by atoms with Gasteiger partial charge in [-0.05, 0) is 24.3 Å². The molecule has 0 aliphatic rings. The second kappa shape index (κ2) is 7.52. The number of para-hydroxylation sites is 2. The van der Waals surface area contributed by atoms with E-state index in [9.17, 15) is 8.42 Å². The third kappa shape index (κ3) is 7.20. The van der Waals surface area contributed by atoms with Gasteiger partial charge in [-0.25, -0.2) is 0 Å². The van der Waals surface area contributed by atoms with Crippen molar-refractivity contribution in [2.24, 2.45) is 0 Å². The van der Waals surface area contributed by atoms with E-state index in [1.54, 1.807) is 0 Å². The molecule has 0 aliphatic heterocycles. The largest absolute Gasteiger partial charge is 0.397 e. The average molecular weight is 281 g/mol. The van der Waals surface area contributed by atoms with Gasteiger partial charge >= 0.3 is 10.4 Å². The lowest BCUT2D eigenvalue weighted by Gasteiger charge is -2.04. The molecular formula is C13H15NO4S. The molecule has 2 N–H and O–H groups in total. The van der Waals surface area contributed by atoms with Gasteiger partial charge in [0.25, 0.3) is 0 Å². The molecule has 0 amide bonds. The van der Waals surface area contributed by atoms with E-state index in [4.69, 9.17) is 4.55 Å². The van der Waals surface area contributed by atoms with E-state index in [1.807, 2.05) is 60.7 Å². The zero-order chi connectivity index (χ0) is 14.1. The molecule has 0 heterocycles. The Hall–Kier alpha value is -1.89. The molecule has 5 nitrogen and oxygen atoms in total. The summed E-state index contributed by atoms with van der Waals surface area (Å²) in [6.45, 7) is 0. The molecule has 0 fully saturated rings. The Kier molecular flexibility index (Phi) is 6.01. The Morgan fingerprint density at radius 2 is 1.21 bits per heavy atom. The van der Waals surface area contributed by atoms with Crippen LogP contribution in [0.15, 0.2) is 60.7 Å². The monoisotopic (exact) mass is 281 g/mol. The highest BCUT2D eigenvalue weighted by Crippen LogP contribution is 2.14. The van der Waals surface area contributed by atoms with Crippen LogP contribution in [0.4, 0.5) is 11.4 Å². The molecule has 19 heavy (non-hydrogen) atoms. The van der Waals surface area contributed by atoms with E-state index in [2.05, 4.69) is 9.50 Å². The van der Waals surface area contributed by atoms with Crippen molar-refractivity contribution in [3.63, 3.8) is 0 Å². The van der Waals surface area contributed by atoms with E-state index >= 15 is 0 Å². The standard InChI is InChI=1S/C12H11N.CH4O4S/c1-3-7-11(8-4-1)13-12-9-5-2-6-10-12;1-5-6(2,3)4/h1-10,13H;1H3,(H,2,3,4). The predicted octanol–water partition coefficient (Wildman–Crippen LogP) is 2.87. The first kappa shape index (κ1) is 15.2. The van der Waals surface area contributed by atoms with Crippen LogP contribution in [0.3, 0.4) is 0 Å². The number of hydrogen-bond acceptors (Lipinski definition) is 4. The molecule has 0 atom stereocenters. The first-order valence-electron chi connectivity index (χ1n) is 5.41. The Morgan fingerprint density at radius 1 is 0.895 bits per heavy atom. The van der Waals surface area contributed by atoms with Gasteiger partial charge in [-0.15, -0.1) is 0 Å². The maximum atomic E-state index is 9.33. The molecule has 102 valence electrons. The SMILES string of the molecule is COS(=O)(=O)O.c1ccc(Nc2ccccc2)cc1. The highest BCUT2D eigenvalue weighted by molar-refractivity contribution is 7.80. The number of anilines is 2. The van der Waals surface area contributed by atoms with Crippen molar-refractivity contribution >= 4 is 21.8 Å². The van der Waals surface area contributed by atoms with Crippen LogP contribution in [0.25, 0.3) is 0 Å². The van der Waals surface area contributed by atoms with E-state index < -0.39 is 10.4 Å². The molecule has 0 radical (unpaired) electrons. The lowest BCUT2D eigenvalue weighted by Crippen LogP contribution is -1.96. The Bertz CT molecular complexity index is 533. The van der Waals surface area contributed by atoms with Gasteiger partial charge in [-0.3, -0.25) is 8.74 Å². The fourth-order valence-corrected chi connectivity index (χ4v) is 1.21. The zero-order valence-electron chi connectivity index (χ0n) is 10.4. The normalized spacial score (nSPS) is 10.2. The van der Waals surface area contributed by atoms with Crippen LogP contribution < -0.4 is 5.32 Å². The maximum absolute atomic E-state index is 9.33. The molecule has 0 saturated carbocycles. The number of hydrogen-bond donors (Lipinski definition) is 2. The lowest BCUT2D eigenvalue weighted by atomic mass is 10.3. The lowest BCUT2D eigenvalue weighted by molar-refractivity contribution is 0.324. The molecular weight excluding hydrogens is 266 g/mol. The smallest absolute Gasteiger partial charge is 0.356 e. The van der Waals surface area contributed by atoms with Crippen molar-refractivity contribution in [3.05, 3.63) is 60.7 Å². The van der Waals surface area contributed by atoms with Crippen molar-refractivity contribution in [1.29, 1.82) is 0 Å². The molecule has 0 unspecified atom stereocenters. The summed E-state index contributed by atoms with van der Waals surface area (Å²) >= 11 is 0. The van der Waals surface area contributed by atoms with Gasteiger partial charge in [0.05, 0.1) is 7.11 Å². The van der Waals surface area contributed by atoms with Gasteiger partial charge in [-0.1, -0.05) is 36.4 Å². The quantitative estimate of drug-likeness (QED) is 0.846. The van der Waals surface area contributed by atoms with Crippen LogP contribution >= 0.6 is 0 Å². The first-order chi connectivity index (χ1) is 9.01. The van der Waals surface area contributed by atoms with Crippen LogP contribution in [0.1, 0.15) is 0 Å². The highest BCUT2D eigenvalue weighted by Gasteiger charge is 1.94. The molecule has 2 aromatic rings. The summed E-state index contributed by atoms with van der Waals surface area (Å²) in [6, 6.07) is 20.3. The molecule has 0 spiro atoms. The van der Waals surface area contributed by atoms with Crippen LogP contribution in [0.2, 0.25) is 0 Å². The zero-order valence-corrected chi connectivity index (χ0v) is 11.2. The fraction of sp³-hybridized carbons (Fsp3) is 0.0769. The Morgan fingerprint density at radius 3 is 1.47 bits per heavy atom. The topological polar surface area (TPSA) is 75.6 Å². The Balaban J connectivity index is 0.000000258. The minimum atomic E-state index is -4.16. The van der Waals surface area contributed by atoms with E-state index in [0.717, 1.165) is 18.5 Å². The van der Waals surface area contributed by atoms with Crippen LogP contribution in [-0.4, -0.2) is 20.1 Å². The van der Waals surface area contributed by atoms with E-state index in [0.29, 0.717) is 0 Å².